The van der Waals surface area contributed by atoms with Gasteiger partial charge >= 0.3 is 0 Å². The highest BCUT2D eigenvalue weighted by Crippen LogP contribution is 2.35. The molecule has 2 rings (SSSR count). The maximum absolute atomic E-state index is 11.2. The van der Waals surface area contributed by atoms with E-state index >= 15 is 0 Å². The van der Waals surface area contributed by atoms with E-state index in [0.717, 1.165) is 52.1 Å². The number of methoxy groups -OCH3 is 1. The van der Waals surface area contributed by atoms with Gasteiger partial charge < -0.3 is 142 Å². The highest BCUT2D eigenvalue weighted by atomic mass is 16.8. The van der Waals surface area contributed by atoms with E-state index in [0.29, 0.717) is 125 Å². The molecule has 0 aromatic rings. The largest absolute Gasteiger partial charge is 0.395 e. The predicted molar refractivity (Wildman–Crippen MR) is 499 cm³/mol. The van der Waals surface area contributed by atoms with Gasteiger partial charge in [0.2, 0.25) is 0 Å². The Balaban J connectivity index is -0.000000437. The van der Waals surface area contributed by atoms with Crippen molar-refractivity contribution in [1.82, 2.24) is 40.4 Å². The molecule has 2 heterocycles. The van der Waals surface area contributed by atoms with Crippen LogP contribution in [-0.4, -0.2) is 454 Å². The molecule has 0 aromatic carbocycles. The number of ether oxygens (including phenoxy) is 11. The molecule has 0 aromatic heterocycles. The first kappa shape index (κ1) is 134. The smallest absolute Gasteiger partial charge is 0.272 e. The molecule has 2 saturated heterocycles. The fraction of sp³-hybridized carbons (Fsp3) is 0.965. The molecule has 2 aliphatic rings. The van der Waals surface area contributed by atoms with Gasteiger partial charge in [0.05, 0.1) is 89.0 Å². The van der Waals surface area contributed by atoms with Crippen LogP contribution in [0.2, 0.25) is 0 Å². The molecule has 0 amide bonds. The van der Waals surface area contributed by atoms with Gasteiger partial charge in [-0.2, -0.15) is 11.0 Å². The molecular weight excluding hydrogens is 1640 g/mol. The summed E-state index contributed by atoms with van der Waals surface area (Å²) < 4.78 is 63.3. The third kappa shape index (κ3) is 70.3. The number of rotatable bonds is 59. The first-order valence-electron chi connectivity index (χ1n) is 44.9. The van der Waals surface area contributed by atoms with Crippen LogP contribution in [0.4, 0.5) is 0 Å². The topological polar surface area (TPSA) is 564 Å². The molecule has 24 N–H and O–H groups in total. The lowest BCUT2D eigenvalue weighted by Gasteiger charge is -2.45. The van der Waals surface area contributed by atoms with Crippen molar-refractivity contribution in [2.24, 2.45) is 55.2 Å². The lowest BCUT2D eigenvalue weighted by molar-refractivity contribution is -0.317. The Morgan fingerprint density at radius 1 is 0.452 bits per heavy atom. The fourth-order valence-electron chi connectivity index (χ4n) is 11.2. The Bertz CT molecular complexity index is 2380. The van der Waals surface area contributed by atoms with E-state index in [1.165, 1.54) is 47.3 Å². The number of nitrogens with two attached hydrogens (primary N) is 6. The molecule has 0 radical (unpaired) electrons. The quantitative estimate of drug-likeness (QED) is 0.0124. The molecular formula is C86H194N16O24. The van der Waals surface area contributed by atoms with Crippen molar-refractivity contribution in [3.8, 4) is 0 Å². The normalized spacial score (nSPS) is 20.5. The lowest BCUT2D eigenvalue weighted by Crippen LogP contribution is -2.61. The zero-order valence-corrected chi connectivity index (χ0v) is 83.5. The van der Waals surface area contributed by atoms with Gasteiger partial charge in [-0.1, -0.05) is 82.1 Å². The van der Waals surface area contributed by atoms with Crippen LogP contribution in [0, 0.1) is 10.8 Å². The van der Waals surface area contributed by atoms with E-state index in [9.17, 15) is 45.6 Å². The van der Waals surface area contributed by atoms with E-state index < -0.39 is 108 Å². The van der Waals surface area contributed by atoms with Gasteiger partial charge in [0, 0.05) is 156 Å². The average Bonchev–Trinajstić information content (AvgIpc) is 0.795. The number of hydrogen-bond acceptors (Lipinski definition) is 40. The van der Waals surface area contributed by atoms with Gasteiger partial charge in [-0.15, -0.1) is 0 Å². The number of carbonyl (C=O) groups is 1. The van der Waals surface area contributed by atoms with Crippen LogP contribution in [0.25, 0.3) is 0 Å². The van der Waals surface area contributed by atoms with Crippen molar-refractivity contribution in [3.63, 3.8) is 0 Å². The van der Waals surface area contributed by atoms with Crippen LogP contribution < -0.4 is 45.4 Å². The van der Waals surface area contributed by atoms with Crippen molar-refractivity contribution >= 4 is 18.7 Å². The van der Waals surface area contributed by atoms with Crippen molar-refractivity contribution in [2.75, 3.05) is 246 Å². The minimum atomic E-state index is -1.41. The summed E-state index contributed by atoms with van der Waals surface area (Å²) in [6, 6.07) is 0. The molecule has 14 unspecified atom stereocenters. The Labute approximate surface area is 761 Å². The number of aliphatic imine (C=N–C) groups is 2. The third-order valence-corrected chi connectivity index (χ3v) is 18.0. The third-order valence-electron chi connectivity index (χ3n) is 18.0. The molecule has 40 nitrogen and oxygen atoms in total. The minimum absolute atomic E-state index is 0.0236. The molecule has 0 spiro atoms. The van der Waals surface area contributed by atoms with Crippen LogP contribution in [-0.2, 0) is 66.6 Å². The van der Waals surface area contributed by atoms with E-state index in [1.54, 1.807) is 13.3 Å². The summed E-state index contributed by atoms with van der Waals surface area (Å²) in [6.07, 6.45) is -5.82. The number of hydroxylamine groups is 2. The first-order valence-corrected chi connectivity index (χ1v) is 44.9. The number of carbonyl (C=O) groups excluding carboxylic acids is 1. The molecule has 0 aliphatic carbocycles. The molecule has 0 bridgehead atoms. The van der Waals surface area contributed by atoms with Gasteiger partial charge in [0.1, 0.15) is 88.0 Å². The zero-order valence-electron chi connectivity index (χ0n) is 83.5. The summed E-state index contributed by atoms with van der Waals surface area (Å²) in [5.41, 5.74) is 34.2. The summed E-state index contributed by atoms with van der Waals surface area (Å²) in [7, 11) is 7.47. The number of aliphatic hydroxyl groups is 10. The van der Waals surface area contributed by atoms with E-state index in [2.05, 4.69) is 137 Å². The van der Waals surface area contributed by atoms with Gasteiger partial charge in [0.25, 0.3) is 6.48 Å². The van der Waals surface area contributed by atoms with Gasteiger partial charge in [-0.05, 0) is 128 Å². The van der Waals surface area contributed by atoms with E-state index in [4.69, 9.17) is 89.2 Å². The van der Waals surface area contributed by atoms with E-state index in [-0.39, 0.29) is 63.9 Å². The maximum Gasteiger partial charge on any atom is 0.272 e. The van der Waals surface area contributed by atoms with Crippen molar-refractivity contribution < 1.29 is 118 Å². The fourth-order valence-corrected chi connectivity index (χ4v) is 11.2. The molecule has 2 fully saturated rings. The molecule has 762 valence electrons. The van der Waals surface area contributed by atoms with Crippen LogP contribution in [0.5, 0.6) is 0 Å². The monoisotopic (exact) mass is 1840 g/mol. The molecule has 126 heavy (non-hydrogen) atoms. The highest BCUT2D eigenvalue weighted by molar-refractivity contribution is 5.65. The molecule has 40 heteroatoms. The minimum Gasteiger partial charge on any atom is -0.395 e. The summed E-state index contributed by atoms with van der Waals surface area (Å²) in [5, 5.41) is 99.6. The second kappa shape index (κ2) is 80.9. The number of hydrogen-bond donors (Lipinski definition) is 18. The van der Waals surface area contributed by atoms with Crippen LogP contribution in [0.15, 0.2) is 9.98 Å². The average molecular weight is 1840 g/mol. The number of nitrogens with one attached hydrogen (secondary N) is 2. The predicted octanol–water partition coefficient (Wildman–Crippen LogP) is -0.0908. The van der Waals surface area contributed by atoms with E-state index in [1.807, 2.05) is 83.1 Å². The van der Waals surface area contributed by atoms with Crippen LogP contribution >= 0.6 is 0 Å². The van der Waals surface area contributed by atoms with Gasteiger partial charge in [-0.25, -0.2) is 0 Å². The second-order valence-corrected chi connectivity index (χ2v) is 35.8. The van der Waals surface area contributed by atoms with Crippen molar-refractivity contribution in [2.45, 2.75) is 286 Å². The summed E-state index contributed by atoms with van der Waals surface area (Å²) in [6.45, 7) is 57.0. The van der Waals surface area contributed by atoms with Crippen molar-refractivity contribution in [1.29, 1.82) is 0 Å². The molecule has 0 saturated carbocycles. The number of aliphatic hydroxyl groups excluding tert-OH is 10. The molecule has 14 atom stereocenters. The Morgan fingerprint density at radius 3 is 1.12 bits per heavy atom. The standard InChI is InChI=1S/C39H81N7O11.C19H46N6O4.C19H36O9.2C3H8.3CH5N/c1-37(2,3)36-35(51)34(50)33(49)31(57-36)27-53-32(56-30(24-41-10)26-54-39(7,8)9)25-42-13-17-45(20-22-48)18-14-43-55-29-46(38(4,5)6)28-52-23-11-15-44(16-12-40)19-21-47;1-19(2,3)25(17-28-16-4-8-23(9-5-20)12-14-26)18-29-22-7-11-24(10-6-21)13-15-27;1-18(2,3)16-15(23)14(22)13(21)12(28-16)10-25-17(24-7)27-11(8-20)9-26-19(4,5)6;2*1-3-2;3*1-2/h24-25,30-36,43,47-51H,11-23,26-29,40H2,1-10H3;22,26-27H,4-18,20-21H2,1-3H3;8,11-17,21-23H,9-10H2,1-7H3;2*3H2,1-2H3;3*2H2,1H3. The summed E-state index contributed by atoms with van der Waals surface area (Å²) in [5.74, 6) is 0. The highest BCUT2D eigenvalue weighted by Gasteiger charge is 2.50. The Kier molecular flexibility index (Phi) is 86.2. The van der Waals surface area contributed by atoms with Crippen molar-refractivity contribution in [3.05, 3.63) is 0 Å². The van der Waals surface area contributed by atoms with Crippen LogP contribution in [0.1, 0.15) is 178 Å². The Hall–Kier alpha value is -2.47. The summed E-state index contributed by atoms with van der Waals surface area (Å²) >= 11 is 0. The zero-order chi connectivity index (χ0) is 98.1. The maximum atomic E-state index is 11.2. The molecule has 2 aliphatic heterocycles. The summed E-state index contributed by atoms with van der Waals surface area (Å²) in [4.78, 5) is 43.9. The second-order valence-electron chi connectivity index (χ2n) is 35.8. The van der Waals surface area contributed by atoms with Gasteiger partial charge in [-0.3, -0.25) is 49.1 Å². The Morgan fingerprint density at radius 2 is 0.802 bits per heavy atom. The number of nitrogens with zero attached hydrogens (tertiary/aromatic N) is 8. The van der Waals surface area contributed by atoms with Crippen LogP contribution in [0.3, 0.4) is 0 Å². The number of aldehydes is 1. The SMILES string of the molecule is CC(C)(C)N(COCCCN(CCN)CCO)CONCCN(CCN)CCO.CCC.CCC.CN.CN.CN.CN=CC(COC(C)(C)C)OC(C=NCCN(CCO)CCNOCN(COCCCN(CCN)CCO)C(C)(C)C)OCC1OC(C(C)(C)C)C(O)C(O)C1O.COC(OCC1OC(C(C)(C)C)C(O)C(O)C1O)OC(C=O)COC(C)(C)C. The lowest BCUT2D eigenvalue weighted by atomic mass is 9.80. The first-order chi connectivity index (χ1) is 59.3. The van der Waals surface area contributed by atoms with Gasteiger partial charge in [0.15, 0.2) is 12.6 Å².